The van der Waals surface area contributed by atoms with Gasteiger partial charge in [0.2, 0.25) is 5.88 Å². The SMILES string of the molecule is CC(c1cnc(OCC(F)(F)F)cn1)N(C(=O)c1cccnc1)C(C)(C)C. The van der Waals surface area contributed by atoms with Crippen molar-refractivity contribution in [2.45, 2.75) is 45.5 Å². The number of aromatic nitrogens is 3. The number of halogens is 3. The van der Waals surface area contributed by atoms with Gasteiger partial charge in [-0.05, 0) is 39.8 Å². The van der Waals surface area contributed by atoms with E-state index < -0.39 is 24.4 Å². The maximum Gasteiger partial charge on any atom is 0.422 e. The number of pyridine rings is 1. The Bertz CT molecular complexity index is 759. The van der Waals surface area contributed by atoms with Crippen molar-refractivity contribution in [3.05, 3.63) is 48.2 Å². The number of hydrogen-bond acceptors (Lipinski definition) is 5. The molecule has 1 unspecified atom stereocenters. The van der Waals surface area contributed by atoms with Gasteiger partial charge < -0.3 is 9.64 Å². The topological polar surface area (TPSA) is 68.2 Å². The molecule has 0 aliphatic heterocycles. The third-order valence-corrected chi connectivity index (χ3v) is 3.70. The molecular formula is C18H21F3N4O2. The third kappa shape index (κ3) is 5.63. The number of alkyl halides is 3. The molecule has 2 aromatic heterocycles. The first-order valence-corrected chi connectivity index (χ1v) is 8.24. The first-order valence-electron chi connectivity index (χ1n) is 8.24. The number of rotatable bonds is 5. The van der Waals surface area contributed by atoms with Crippen molar-refractivity contribution in [2.24, 2.45) is 0 Å². The van der Waals surface area contributed by atoms with Crippen LogP contribution in [0, 0.1) is 0 Å². The molecule has 0 bridgehead atoms. The van der Waals surface area contributed by atoms with E-state index in [9.17, 15) is 18.0 Å². The highest BCUT2D eigenvalue weighted by atomic mass is 19.4. The zero-order valence-electron chi connectivity index (χ0n) is 15.5. The van der Waals surface area contributed by atoms with Gasteiger partial charge in [-0.25, -0.2) is 4.98 Å². The van der Waals surface area contributed by atoms with Crippen molar-refractivity contribution in [3.63, 3.8) is 0 Å². The van der Waals surface area contributed by atoms with Gasteiger partial charge in [-0.1, -0.05) is 0 Å². The number of hydrogen-bond donors (Lipinski definition) is 0. The Morgan fingerprint density at radius 3 is 2.37 bits per heavy atom. The molecule has 27 heavy (non-hydrogen) atoms. The van der Waals surface area contributed by atoms with Crippen molar-refractivity contribution in [2.75, 3.05) is 6.61 Å². The van der Waals surface area contributed by atoms with Crippen molar-refractivity contribution in [3.8, 4) is 5.88 Å². The lowest BCUT2D eigenvalue weighted by atomic mass is 10.00. The third-order valence-electron chi connectivity index (χ3n) is 3.70. The van der Waals surface area contributed by atoms with E-state index >= 15 is 0 Å². The molecule has 9 heteroatoms. The molecule has 0 fully saturated rings. The predicted octanol–water partition coefficient (Wildman–Crippen LogP) is 3.81. The molecule has 2 heterocycles. The average molecular weight is 382 g/mol. The Kier molecular flexibility index (Phi) is 6.02. The van der Waals surface area contributed by atoms with Crippen LogP contribution >= 0.6 is 0 Å². The van der Waals surface area contributed by atoms with Crippen molar-refractivity contribution < 1.29 is 22.7 Å². The normalized spacial score (nSPS) is 13.1. The molecule has 1 amide bonds. The van der Waals surface area contributed by atoms with Crippen LogP contribution in [-0.4, -0.2) is 44.1 Å². The molecule has 6 nitrogen and oxygen atoms in total. The summed E-state index contributed by atoms with van der Waals surface area (Å²) in [6.45, 7) is 5.98. The quantitative estimate of drug-likeness (QED) is 0.787. The van der Waals surface area contributed by atoms with Gasteiger partial charge in [0.1, 0.15) is 0 Å². The van der Waals surface area contributed by atoms with Crippen molar-refractivity contribution >= 4 is 5.91 Å². The first-order chi connectivity index (χ1) is 12.5. The molecule has 0 saturated heterocycles. The van der Waals surface area contributed by atoms with Crippen LogP contribution in [-0.2, 0) is 0 Å². The van der Waals surface area contributed by atoms with Gasteiger partial charge in [-0.2, -0.15) is 13.2 Å². The molecule has 2 rings (SSSR count). The highest BCUT2D eigenvalue weighted by molar-refractivity contribution is 5.94. The molecule has 0 N–H and O–H groups in total. The molecule has 0 aliphatic rings. The fraction of sp³-hybridized carbons (Fsp3) is 0.444. The number of nitrogens with zero attached hydrogens (tertiary/aromatic N) is 4. The van der Waals surface area contributed by atoms with Crippen molar-refractivity contribution in [1.29, 1.82) is 0 Å². The van der Waals surface area contributed by atoms with Gasteiger partial charge in [0.15, 0.2) is 6.61 Å². The number of ether oxygens (including phenoxy) is 1. The highest BCUT2D eigenvalue weighted by Gasteiger charge is 2.33. The smallest absolute Gasteiger partial charge is 0.422 e. The van der Waals surface area contributed by atoms with Gasteiger partial charge >= 0.3 is 6.18 Å². The fourth-order valence-electron chi connectivity index (χ4n) is 2.59. The summed E-state index contributed by atoms with van der Waals surface area (Å²) < 4.78 is 41.2. The van der Waals surface area contributed by atoms with E-state index in [-0.39, 0.29) is 11.8 Å². The maximum atomic E-state index is 13.0. The van der Waals surface area contributed by atoms with Gasteiger partial charge in [-0.15, -0.1) is 0 Å². The molecule has 0 aromatic carbocycles. The monoisotopic (exact) mass is 382 g/mol. The molecule has 0 saturated carbocycles. The second-order valence-electron chi connectivity index (χ2n) is 6.95. The zero-order chi connectivity index (χ0) is 20.2. The number of carbonyl (C=O) groups is 1. The lowest BCUT2D eigenvalue weighted by molar-refractivity contribution is -0.154. The summed E-state index contributed by atoms with van der Waals surface area (Å²) in [6.07, 6.45) is 1.03. The van der Waals surface area contributed by atoms with Gasteiger partial charge in [0.25, 0.3) is 5.91 Å². The zero-order valence-corrected chi connectivity index (χ0v) is 15.5. The standard InChI is InChI=1S/C18H21F3N4O2/c1-12(14-9-24-15(10-23-14)27-11-18(19,20)21)25(17(2,3)4)16(26)13-6-5-7-22-8-13/h5-10,12H,11H2,1-4H3. The van der Waals surface area contributed by atoms with Crippen molar-refractivity contribution in [1.82, 2.24) is 19.9 Å². The molecule has 0 radical (unpaired) electrons. The molecule has 146 valence electrons. The minimum atomic E-state index is -4.45. The van der Waals surface area contributed by atoms with E-state index in [1.165, 1.54) is 12.4 Å². The fourth-order valence-corrected chi connectivity index (χ4v) is 2.59. The lowest BCUT2D eigenvalue weighted by Crippen LogP contribution is -2.47. The molecule has 0 aliphatic carbocycles. The van der Waals surface area contributed by atoms with E-state index in [2.05, 4.69) is 19.7 Å². The van der Waals surface area contributed by atoms with Gasteiger partial charge in [-0.3, -0.25) is 14.8 Å². The Labute approximate surface area is 155 Å². The van der Waals surface area contributed by atoms with Gasteiger partial charge in [0.05, 0.1) is 29.7 Å². The van der Waals surface area contributed by atoms with Gasteiger partial charge in [0, 0.05) is 17.9 Å². The number of carbonyl (C=O) groups excluding carboxylic acids is 1. The minimum absolute atomic E-state index is 0.232. The van der Waals surface area contributed by atoms with Crippen LogP contribution < -0.4 is 4.74 Å². The van der Waals surface area contributed by atoms with E-state index in [0.29, 0.717) is 11.3 Å². The summed E-state index contributed by atoms with van der Waals surface area (Å²) in [5, 5.41) is 0. The van der Waals surface area contributed by atoms with Crippen LogP contribution in [0.5, 0.6) is 5.88 Å². The van der Waals surface area contributed by atoms with E-state index in [0.717, 1.165) is 6.20 Å². The Balaban J connectivity index is 2.23. The maximum absolute atomic E-state index is 13.0. The van der Waals surface area contributed by atoms with Crippen LogP contribution in [0.1, 0.15) is 49.8 Å². The predicted molar refractivity (Wildman–Crippen MR) is 92.2 cm³/mol. The second-order valence-corrected chi connectivity index (χ2v) is 6.95. The summed E-state index contributed by atoms with van der Waals surface area (Å²) in [4.78, 5) is 26.6. The molecule has 1 atom stereocenters. The summed E-state index contributed by atoms with van der Waals surface area (Å²) in [5.41, 5.74) is 0.318. The molecule has 0 spiro atoms. The average Bonchev–Trinajstić information content (AvgIpc) is 2.59. The van der Waals surface area contributed by atoms with E-state index in [1.807, 2.05) is 20.8 Å². The molecule has 2 aromatic rings. The van der Waals surface area contributed by atoms with E-state index in [4.69, 9.17) is 0 Å². The van der Waals surface area contributed by atoms with E-state index in [1.54, 1.807) is 30.2 Å². The van der Waals surface area contributed by atoms with Crippen LogP contribution in [0.2, 0.25) is 0 Å². The van der Waals surface area contributed by atoms with Crippen LogP contribution in [0.3, 0.4) is 0 Å². The Morgan fingerprint density at radius 2 is 1.89 bits per heavy atom. The lowest BCUT2D eigenvalue weighted by Gasteiger charge is -2.40. The first kappa shape index (κ1) is 20.6. The Morgan fingerprint density at radius 1 is 1.19 bits per heavy atom. The molecular weight excluding hydrogens is 361 g/mol. The van der Waals surface area contributed by atoms with Crippen LogP contribution in [0.4, 0.5) is 13.2 Å². The summed E-state index contributed by atoms with van der Waals surface area (Å²) in [6, 6.07) is 2.87. The van der Waals surface area contributed by atoms with Crippen LogP contribution in [0.25, 0.3) is 0 Å². The summed E-state index contributed by atoms with van der Waals surface area (Å²) >= 11 is 0. The second kappa shape index (κ2) is 7.89. The minimum Gasteiger partial charge on any atom is -0.467 e. The summed E-state index contributed by atoms with van der Waals surface area (Å²) in [5.74, 6) is -0.466. The Hall–Kier alpha value is -2.71. The highest BCUT2D eigenvalue weighted by Crippen LogP contribution is 2.29. The van der Waals surface area contributed by atoms with Crippen LogP contribution in [0.15, 0.2) is 36.9 Å². The summed E-state index contributed by atoms with van der Waals surface area (Å²) in [7, 11) is 0. The number of amides is 1. The largest absolute Gasteiger partial charge is 0.467 e.